The van der Waals surface area contributed by atoms with E-state index in [0.717, 1.165) is 35.8 Å². The van der Waals surface area contributed by atoms with Crippen LogP contribution in [0.2, 0.25) is 0 Å². The van der Waals surface area contributed by atoms with Gasteiger partial charge in [0, 0.05) is 25.0 Å². The summed E-state index contributed by atoms with van der Waals surface area (Å²) in [7, 11) is 0. The van der Waals surface area contributed by atoms with Crippen LogP contribution in [-0.4, -0.2) is 42.7 Å². The Kier molecular flexibility index (Phi) is 6.11. The number of halogens is 1. The number of aliphatic hydroxyl groups is 1. The summed E-state index contributed by atoms with van der Waals surface area (Å²) in [5.41, 5.74) is 7.13. The molecule has 0 aromatic heterocycles. The molecule has 6 nitrogen and oxygen atoms in total. The lowest BCUT2D eigenvalue weighted by atomic mass is 9.89. The largest absolute Gasteiger partial charge is 0.387 e. The SMILES string of the molecule is Cl.O=C(NCC(O)c1ccc2ccccc2c1)C1NNC2CCNCC21. The highest BCUT2D eigenvalue weighted by atomic mass is 35.5. The van der Waals surface area contributed by atoms with E-state index in [4.69, 9.17) is 0 Å². The fourth-order valence-corrected chi connectivity index (χ4v) is 3.82. The molecule has 0 radical (unpaired) electrons. The predicted octanol–water partition coefficient (Wildman–Crippen LogP) is 0.866. The van der Waals surface area contributed by atoms with Gasteiger partial charge < -0.3 is 15.7 Å². The zero-order valence-corrected chi connectivity index (χ0v) is 15.3. The van der Waals surface area contributed by atoms with Gasteiger partial charge in [0.25, 0.3) is 0 Å². The van der Waals surface area contributed by atoms with Crippen molar-refractivity contribution in [2.75, 3.05) is 19.6 Å². The summed E-state index contributed by atoms with van der Waals surface area (Å²) in [6.45, 7) is 2.01. The number of hydrogen-bond acceptors (Lipinski definition) is 5. The number of hydrazine groups is 1. The smallest absolute Gasteiger partial charge is 0.238 e. The van der Waals surface area contributed by atoms with Crippen molar-refractivity contribution in [3.63, 3.8) is 0 Å². The molecule has 2 fully saturated rings. The molecule has 2 heterocycles. The maximum atomic E-state index is 12.5. The van der Waals surface area contributed by atoms with Crippen molar-refractivity contribution in [1.29, 1.82) is 0 Å². The van der Waals surface area contributed by atoms with Crippen LogP contribution in [0.25, 0.3) is 10.8 Å². The zero-order valence-electron chi connectivity index (χ0n) is 14.4. The maximum absolute atomic E-state index is 12.5. The van der Waals surface area contributed by atoms with Crippen LogP contribution < -0.4 is 21.5 Å². The van der Waals surface area contributed by atoms with Gasteiger partial charge in [0.2, 0.25) is 5.91 Å². The fraction of sp³-hybridized carbons (Fsp3) is 0.421. The molecule has 2 aliphatic heterocycles. The standard InChI is InChI=1S/C19H24N4O2.ClH/c24-17(14-6-5-12-3-1-2-4-13(12)9-14)11-21-19(25)18-15-10-20-8-7-16(15)22-23-18;/h1-6,9,15-18,20,22-24H,7-8,10-11H2,(H,21,25);1H. The van der Waals surface area contributed by atoms with E-state index >= 15 is 0 Å². The number of rotatable bonds is 4. The highest BCUT2D eigenvalue weighted by Crippen LogP contribution is 2.22. The van der Waals surface area contributed by atoms with Crippen LogP contribution in [0.15, 0.2) is 42.5 Å². The Labute approximate surface area is 159 Å². The number of carbonyl (C=O) groups is 1. The number of aliphatic hydroxyl groups excluding tert-OH is 1. The molecule has 4 rings (SSSR count). The van der Waals surface area contributed by atoms with Crippen LogP contribution in [0, 0.1) is 5.92 Å². The Morgan fingerprint density at radius 2 is 2.00 bits per heavy atom. The Hall–Kier alpha value is -1.70. The van der Waals surface area contributed by atoms with Crippen LogP contribution in [-0.2, 0) is 4.79 Å². The lowest BCUT2D eigenvalue weighted by Crippen LogP contribution is -2.49. The molecular weight excluding hydrogens is 352 g/mol. The monoisotopic (exact) mass is 376 g/mol. The first kappa shape index (κ1) is 19.1. The second kappa shape index (κ2) is 8.33. The van der Waals surface area contributed by atoms with Gasteiger partial charge in [-0.3, -0.25) is 10.2 Å². The van der Waals surface area contributed by atoms with E-state index in [1.807, 2.05) is 42.5 Å². The summed E-state index contributed by atoms with van der Waals surface area (Å²) in [4.78, 5) is 12.5. The molecule has 4 atom stereocenters. The first-order valence-electron chi connectivity index (χ1n) is 8.88. The van der Waals surface area contributed by atoms with Crippen LogP contribution in [0.5, 0.6) is 0 Å². The Bertz CT molecular complexity index is 772. The molecule has 1 amide bonds. The molecule has 26 heavy (non-hydrogen) atoms. The molecule has 0 spiro atoms. The molecular formula is C19H25ClN4O2. The van der Waals surface area contributed by atoms with Gasteiger partial charge in [-0.05, 0) is 35.4 Å². The van der Waals surface area contributed by atoms with Gasteiger partial charge in [0.15, 0.2) is 0 Å². The van der Waals surface area contributed by atoms with Crippen molar-refractivity contribution in [3.05, 3.63) is 48.0 Å². The molecule has 2 aromatic rings. The number of amides is 1. The summed E-state index contributed by atoms with van der Waals surface area (Å²) in [5, 5.41) is 18.9. The van der Waals surface area contributed by atoms with E-state index in [1.54, 1.807) is 0 Å². The first-order valence-corrected chi connectivity index (χ1v) is 8.88. The van der Waals surface area contributed by atoms with E-state index in [-0.39, 0.29) is 36.8 Å². The third-order valence-electron chi connectivity index (χ3n) is 5.29. The maximum Gasteiger partial charge on any atom is 0.238 e. The summed E-state index contributed by atoms with van der Waals surface area (Å²) in [5.74, 6) is 0.176. The normalized spacial score (nSPS) is 26.0. The quantitative estimate of drug-likeness (QED) is 0.546. The van der Waals surface area contributed by atoms with E-state index < -0.39 is 6.10 Å². The van der Waals surface area contributed by atoms with Crippen molar-refractivity contribution in [3.8, 4) is 0 Å². The van der Waals surface area contributed by atoms with Gasteiger partial charge in [-0.25, -0.2) is 5.43 Å². The summed E-state index contributed by atoms with van der Waals surface area (Å²) in [6, 6.07) is 14.0. The molecule has 4 unspecified atom stereocenters. The van der Waals surface area contributed by atoms with E-state index in [9.17, 15) is 9.90 Å². The van der Waals surface area contributed by atoms with Gasteiger partial charge in [0.1, 0.15) is 6.04 Å². The van der Waals surface area contributed by atoms with Crippen molar-refractivity contribution in [2.24, 2.45) is 5.92 Å². The molecule has 0 aliphatic carbocycles. The van der Waals surface area contributed by atoms with Crippen LogP contribution in [0.3, 0.4) is 0 Å². The van der Waals surface area contributed by atoms with E-state index in [1.165, 1.54) is 0 Å². The predicted molar refractivity (Wildman–Crippen MR) is 104 cm³/mol. The molecule has 0 saturated carbocycles. The topological polar surface area (TPSA) is 85.4 Å². The summed E-state index contributed by atoms with van der Waals surface area (Å²) in [6.07, 6.45) is 0.296. The average molecular weight is 377 g/mol. The van der Waals surface area contributed by atoms with Crippen LogP contribution >= 0.6 is 12.4 Å². The highest BCUT2D eigenvalue weighted by molar-refractivity contribution is 5.85. The van der Waals surface area contributed by atoms with Crippen molar-refractivity contribution in [2.45, 2.75) is 24.6 Å². The number of piperidine rings is 1. The van der Waals surface area contributed by atoms with E-state index in [2.05, 4.69) is 21.5 Å². The Balaban J connectivity index is 0.00000196. The Morgan fingerprint density at radius 1 is 1.19 bits per heavy atom. The lowest BCUT2D eigenvalue weighted by Gasteiger charge is -2.27. The van der Waals surface area contributed by atoms with Crippen LogP contribution in [0.1, 0.15) is 18.1 Å². The lowest BCUT2D eigenvalue weighted by molar-refractivity contribution is -0.124. The zero-order chi connectivity index (χ0) is 17.2. The van der Waals surface area contributed by atoms with Gasteiger partial charge >= 0.3 is 0 Å². The third-order valence-corrected chi connectivity index (χ3v) is 5.29. The Morgan fingerprint density at radius 3 is 2.85 bits per heavy atom. The summed E-state index contributed by atoms with van der Waals surface area (Å²) < 4.78 is 0. The van der Waals surface area contributed by atoms with Crippen molar-refractivity contribution >= 4 is 29.1 Å². The minimum absolute atomic E-state index is 0. The molecule has 2 aliphatic rings. The van der Waals surface area contributed by atoms with Gasteiger partial charge in [-0.15, -0.1) is 12.4 Å². The van der Waals surface area contributed by atoms with Crippen molar-refractivity contribution in [1.82, 2.24) is 21.5 Å². The molecule has 5 N–H and O–H groups in total. The molecule has 2 aromatic carbocycles. The van der Waals surface area contributed by atoms with Crippen molar-refractivity contribution < 1.29 is 9.90 Å². The second-order valence-electron chi connectivity index (χ2n) is 6.90. The third kappa shape index (κ3) is 3.84. The minimum atomic E-state index is -0.719. The number of fused-ring (bicyclic) bond motifs is 2. The fourth-order valence-electron chi connectivity index (χ4n) is 3.82. The van der Waals surface area contributed by atoms with Gasteiger partial charge in [-0.2, -0.15) is 0 Å². The van der Waals surface area contributed by atoms with Gasteiger partial charge in [-0.1, -0.05) is 36.4 Å². The molecule has 2 saturated heterocycles. The second-order valence-corrected chi connectivity index (χ2v) is 6.90. The molecule has 140 valence electrons. The first-order chi connectivity index (χ1) is 12.2. The number of benzene rings is 2. The number of nitrogens with one attached hydrogen (secondary N) is 4. The van der Waals surface area contributed by atoms with Crippen LogP contribution in [0.4, 0.5) is 0 Å². The minimum Gasteiger partial charge on any atom is -0.387 e. The average Bonchev–Trinajstić information content (AvgIpc) is 3.09. The molecule has 7 heteroatoms. The summed E-state index contributed by atoms with van der Waals surface area (Å²) >= 11 is 0. The molecule has 0 bridgehead atoms. The van der Waals surface area contributed by atoms with E-state index in [0.29, 0.717) is 6.04 Å². The number of carbonyl (C=O) groups excluding carboxylic acids is 1. The van der Waals surface area contributed by atoms with Gasteiger partial charge in [0.05, 0.1) is 6.10 Å². The highest BCUT2D eigenvalue weighted by Gasteiger charge is 2.41. The number of hydrogen-bond donors (Lipinski definition) is 5.